The summed E-state index contributed by atoms with van der Waals surface area (Å²) in [6.07, 6.45) is 0.629. The number of aromatic nitrogens is 2. The highest BCUT2D eigenvalue weighted by Gasteiger charge is 2.17. The second-order valence-corrected chi connectivity index (χ2v) is 6.37. The van der Waals surface area contributed by atoms with E-state index in [1.165, 1.54) is 0 Å². The lowest BCUT2D eigenvalue weighted by Gasteiger charge is -2.18. The van der Waals surface area contributed by atoms with Crippen molar-refractivity contribution < 1.29 is 0 Å². The van der Waals surface area contributed by atoms with E-state index in [-0.39, 0.29) is 5.41 Å². The standard InChI is InChI=1S/C15H16Cl2N2/c1-15(2,3)12-9-13(17)19-14(18-12)8-10-5-4-6-11(16)7-10/h4-7,9H,8H2,1-3H3. The van der Waals surface area contributed by atoms with Crippen molar-refractivity contribution in [1.29, 1.82) is 0 Å². The highest BCUT2D eigenvalue weighted by molar-refractivity contribution is 6.30. The maximum absolute atomic E-state index is 6.08. The number of nitrogens with zero attached hydrogens (tertiary/aromatic N) is 2. The van der Waals surface area contributed by atoms with Gasteiger partial charge in [-0.25, -0.2) is 9.97 Å². The van der Waals surface area contributed by atoms with Crippen molar-refractivity contribution >= 4 is 23.2 Å². The summed E-state index contributed by atoms with van der Waals surface area (Å²) in [6.45, 7) is 6.32. The molecule has 2 aromatic rings. The summed E-state index contributed by atoms with van der Waals surface area (Å²) in [7, 11) is 0. The Labute approximate surface area is 123 Å². The van der Waals surface area contributed by atoms with Crippen LogP contribution in [0.4, 0.5) is 0 Å². The SMILES string of the molecule is CC(C)(C)c1cc(Cl)nc(Cc2cccc(Cl)c2)n1. The van der Waals surface area contributed by atoms with Crippen LogP contribution in [0.3, 0.4) is 0 Å². The van der Waals surface area contributed by atoms with E-state index in [4.69, 9.17) is 23.2 Å². The summed E-state index contributed by atoms with van der Waals surface area (Å²) in [5.74, 6) is 0.722. The second-order valence-electron chi connectivity index (χ2n) is 5.55. The zero-order valence-corrected chi connectivity index (χ0v) is 12.8. The predicted molar refractivity (Wildman–Crippen MR) is 80.0 cm³/mol. The van der Waals surface area contributed by atoms with Gasteiger partial charge < -0.3 is 0 Å². The van der Waals surface area contributed by atoms with Crippen LogP contribution in [0.25, 0.3) is 0 Å². The lowest BCUT2D eigenvalue weighted by Crippen LogP contribution is -2.15. The first-order chi connectivity index (χ1) is 8.84. The summed E-state index contributed by atoms with van der Waals surface area (Å²) in [5.41, 5.74) is 1.98. The summed E-state index contributed by atoms with van der Waals surface area (Å²) < 4.78 is 0. The minimum Gasteiger partial charge on any atom is -0.237 e. The Hall–Kier alpha value is -1.12. The molecule has 0 aliphatic rings. The molecule has 0 spiro atoms. The smallest absolute Gasteiger partial charge is 0.134 e. The summed E-state index contributed by atoms with van der Waals surface area (Å²) in [4.78, 5) is 8.87. The minimum absolute atomic E-state index is 0.0460. The molecule has 1 heterocycles. The zero-order chi connectivity index (χ0) is 14.0. The van der Waals surface area contributed by atoms with Gasteiger partial charge in [-0.15, -0.1) is 0 Å². The molecule has 4 heteroatoms. The number of rotatable bonds is 2. The molecular formula is C15H16Cl2N2. The molecule has 0 saturated heterocycles. The minimum atomic E-state index is -0.0460. The van der Waals surface area contributed by atoms with Gasteiger partial charge in [-0.3, -0.25) is 0 Å². The van der Waals surface area contributed by atoms with Crippen molar-refractivity contribution in [2.24, 2.45) is 0 Å². The van der Waals surface area contributed by atoms with E-state index in [1.807, 2.05) is 30.3 Å². The normalized spacial score (nSPS) is 11.6. The summed E-state index contributed by atoms with van der Waals surface area (Å²) >= 11 is 12.1. The number of halogens is 2. The molecule has 100 valence electrons. The predicted octanol–water partition coefficient (Wildman–Crippen LogP) is 4.67. The Balaban J connectivity index is 2.33. The van der Waals surface area contributed by atoms with Gasteiger partial charge in [-0.05, 0) is 23.8 Å². The number of hydrogen-bond donors (Lipinski definition) is 0. The lowest BCUT2D eigenvalue weighted by atomic mass is 9.92. The van der Waals surface area contributed by atoms with Crippen molar-refractivity contribution in [1.82, 2.24) is 9.97 Å². The maximum atomic E-state index is 6.08. The average Bonchev–Trinajstić information content (AvgIpc) is 2.26. The molecule has 1 aromatic carbocycles. The molecular weight excluding hydrogens is 279 g/mol. The van der Waals surface area contributed by atoms with Crippen LogP contribution in [0, 0.1) is 0 Å². The van der Waals surface area contributed by atoms with Gasteiger partial charge in [-0.1, -0.05) is 56.1 Å². The second kappa shape index (κ2) is 5.48. The molecule has 0 atom stereocenters. The molecule has 2 nitrogen and oxygen atoms in total. The quantitative estimate of drug-likeness (QED) is 0.752. The highest BCUT2D eigenvalue weighted by atomic mass is 35.5. The molecule has 1 aromatic heterocycles. The molecule has 0 radical (unpaired) electrons. The Kier molecular flexibility index (Phi) is 4.12. The van der Waals surface area contributed by atoms with Gasteiger partial charge in [0.25, 0.3) is 0 Å². The third-order valence-electron chi connectivity index (χ3n) is 2.76. The molecule has 0 bridgehead atoms. The van der Waals surface area contributed by atoms with Crippen LogP contribution >= 0.6 is 23.2 Å². The van der Waals surface area contributed by atoms with Crippen LogP contribution in [-0.2, 0) is 11.8 Å². The van der Waals surface area contributed by atoms with Crippen LogP contribution < -0.4 is 0 Å². The van der Waals surface area contributed by atoms with E-state index in [1.54, 1.807) is 0 Å². The van der Waals surface area contributed by atoms with Gasteiger partial charge in [0.05, 0.1) is 5.69 Å². The van der Waals surface area contributed by atoms with Gasteiger partial charge >= 0.3 is 0 Å². The van der Waals surface area contributed by atoms with E-state index in [0.717, 1.165) is 22.1 Å². The van der Waals surface area contributed by atoms with Gasteiger partial charge in [0.2, 0.25) is 0 Å². The van der Waals surface area contributed by atoms with Crippen molar-refractivity contribution in [3.63, 3.8) is 0 Å². The van der Waals surface area contributed by atoms with Crippen molar-refractivity contribution in [3.05, 3.63) is 57.6 Å². The Morgan fingerprint density at radius 1 is 1.05 bits per heavy atom. The number of hydrogen-bond acceptors (Lipinski definition) is 2. The third kappa shape index (κ3) is 3.92. The molecule has 0 aliphatic carbocycles. The molecule has 0 saturated carbocycles. The fraction of sp³-hybridized carbons (Fsp3) is 0.333. The van der Waals surface area contributed by atoms with E-state index in [0.29, 0.717) is 11.6 Å². The van der Waals surface area contributed by atoms with Crippen LogP contribution in [0.5, 0.6) is 0 Å². The lowest BCUT2D eigenvalue weighted by molar-refractivity contribution is 0.563. The van der Waals surface area contributed by atoms with Gasteiger partial charge in [0.1, 0.15) is 11.0 Å². The Morgan fingerprint density at radius 3 is 2.42 bits per heavy atom. The van der Waals surface area contributed by atoms with E-state index in [9.17, 15) is 0 Å². The fourth-order valence-electron chi connectivity index (χ4n) is 1.76. The first-order valence-corrected chi connectivity index (χ1v) is 6.88. The summed E-state index contributed by atoms with van der Waals surface area (Å²) in [5, 5.41) is 1.20. The average molecular weight is 295 g/mol. The van der Waals surface area contributed by atoms with Gasteiger partial charge in [0, 0.05) is 16.9 Å². The van der Waals surface area contributed by atoms with Crippen LogP contribution in [0.2, 0.25) is 10.2 Å². The van der Waals surface area contributed by atoms with Crippen LogP contribution in [0.1, 0.15) is 37.9 Å². The third-order valence-corrected chi connectivity index (χ3v) is 3.19. The zero-order valence-electron chi connectivity index (χ0n) is 11.2. The van der Waals surface area contributed by atoms with Gasteiger partial charge in [-0.2, -0.15) is 0 Å². The first kappa shape index (κ1) is 14.3. The Morgan fingerprint density at radius 2 is 1.79 bits per heavy atom. The monoisotopic (exact) mass is 294 g/mol. The Bertz CT molecular complexity index is 589. The van der Waals surface area contributed by atoms with E-state index in [2.05, 4.69) is 30.7 Å². The van der Waals surface area contributed by atoms with E-state index >= 15 is 0 Å². The van der Waals surface area contributed by atoms with Crippen molar-refractivity contribution in [2.75, 3.05) is 0 Å². The molecule has 0 unspecified atom stereocenters. The molecule has 0 aliphatic heterocycles. The van der Waals surface area contributed by atoms with Crippen LogP contribution in [-0.4, -0.2) is 9.97 Å². The van der Waals surface area contributed by atoms with Crippen molar-refractivity contribution in [2.45, 2.75) is 32.6 Å². The van der Waals surface area contributed by atoms with E-state index < -0.39 is 0 Å². The largest absolute Gasteiger partial charge is 0.237 e. The molecule has 0 N–H and O–H groups in total. The summed E-state index contributed by atoms with van der Waals surface area (Å²) in [6, 6.07) is 9.52. The van der Waals surface area contributed by atoms with Crippen molar-refractivity contribution in [3.8, 4) is 0 Å². The molecule has 19 heavy (non-hydrogen) atoms. The highest BCUT2D eigenvalue weighted by Crippen LogP contribution is 2.23. The van der Waals surface area contributed by atoms with Crippen LogP contribution in [0.15, 0.2) is 30.3 Å². The maximum Gasteiger partial charge on any atom is 0.134 e. The number of benzene rings is 1. The fourth-order valence-corrected chi connectivity index (χ4v) is 2.17. The topological polar surface area (TPSA) is 25.8 Å². The molecule has 0 fully saturated rings. The molecule has 2 rings (SSSR count). The first-order valence-electron chi connectivity index (χ1n) is 6.13. The van der Waals surface area contributed by atoms with Gasteiger partial charge in [0.15, 0.2) is 0 Å². The molecule has 0 amide bonds.